The molecule has 2 aliphatic rings. The Bertz CT molecular complexity index is 292. The average molecular weight is 345 g/mol. The summed E-state index contributed by atoms with van der Waals surface area (Å²) in [5.74, 6) is 0.817. The van der Waals surface area contributed by atoms with Crippen LogP contribution in [0.25, 0.3) is 0 Å². The van der Waals surface area contributed by atoms with Gasteiger partial charge < -0.3 is 4.74 Å². The van der Waals surface area contributed by atoms with Crippen molar-refractivity contribution in [2.24, 2.45) is 16.7 Å². The molecular weight excluding hydrogens is 312 g/mol. The summed E-state index contributed by atoms with van der Waals surface area (Å²) >= 11 is 3.78. The highest BCUT2D eigenvalue weighted by molar-refractivity contribution is 9.09. The highest BCUT2D eigenvalue weighted by Crippen LogP contribution is 2.42. The zero-order chi connectivity index (χ0) is 14.6. The standard InChI is InChI=1S/C18H33BrO/c1-15-10-16(12-17(2,3)11-15)20-14-18(13-19)8-6-4-5-7-9-18/h15-16H,4-14H2,1-3H3. The minimum atomic E-state index is 0.418. The van der Waals surface area contributed by atoms with Crippen molar-refractivity contribution in [2.75, 3.05) is 11.9 Å². The van der Waals surface area contributed by atoms with Gasteiger partial charge in [0, 0.05) is 10.7 Å². The second-order valence-electron chi connectivity index (χ2n) is 8.39. The van der Waals surface area contributed by atoms with Crippen molar-refractivity contribution in [3.8, 4) is 0 Å². The Morgan fingerprint density at radius 2 is 1.70 bits per heavy atom. The SMILES string of the molecule is CC1CC(OCC2(CBr)CCCCCC2)CC(C)(C)C1. The summed E-state index contributed by atoms with van der Waals surface area (Å²) in [4.78, 5) is 0. The largest absolute Gasteiger partial charge is 0.378 e. The molecule has 20 heavy (non-hydrogen) atoms. The third-order valence-corrected chi connectivity index (χ3v) is 6.61. The van der Waals surface area contributed by atoms with Gasteiger partial charge in [-0.25, -0.2) is 0 Å². The lowest BCUT2D eigenvalue weighted by molar-refractivity contribution is -0.0569. The lowest BCUT2D eigenvalue weighted by atomic mass is 9.71. The van der Waals surface area contributed by atoms with Gasteiger partial charge in [0.05, 0.1) is 12.7 Å². The molecule has 0 aromatic carbocycles. The van der Waals surface area contributed by atoms with Crippen LogP contribution in [-0.2, 0) is 4.74 Å². The van der Waals surface area contributed by atoms with Crippen LogP contribution in [0, 0.1) is 16.7 Å². The molecule has 0 saturated heterocycles. The molecule has 0 aromatic heterocycles. The lowest BCUT2D eigenvalue weighted by Crippen LogP contribution is -2.36. The first-order chi connectivity index (χ1) is 9.45. The third-order valence-electron chi connectivity index (χ3n) is 5.42. The summed E-state index contributed by atoms with van der Waals surface area (Å²) in [6, 6.07) is 0. The molecule has 2 unspecified atom stereocenters. The van der Waals surface area contributed by atoms with Crippen molar-refractivity contribution in [2.45, 2.75) is 84.7 Å². The fraction of sp³-hybridized carbons (Fsp3) is 1.00. The van der Waals surface area contributed by atoms with E-state index in [-0.39, 0.29) is 0 Å². The van der Waals surface area contributed by atoms with Gasteiger partial charge in [-0.1, -0.05) is 62.4 Å². The summed E-state index contributed by atoms with van der Waals surface area (Å²) in [7, 11) is 0. The van der Waals surface area contributed by atoms with Crippen molar-refractivity contribution in [3.05, 3.63) is 0 Å². The van der Waals surface area contributed by atoms with E-state index in [4.69, 9.17) is 4.74 Å². The van der Waals surface area contributed by atoms with Crippen LogP contribution >= 0.6 is 15.9 Å². The van der Waals surface area contributed by atoms with Crippen LogP contribution in [0.15, 0.2) is 0 Å². The van der Waals surface area contributed by atoms with E-state index in [0.29, 0.717) is 16.9 Å². The van der Waals surface area contributed by atoms with Crippen LogP contribution in [-0.4, -0.2) is 18.0 Å². The van der Waals surface area contributed by atoms with Crippen LogP contribution in [0.5, 0.6) is 0 Å². The van der Waals surface area contributed by atoms with E-state index < -0.39 is 0 Å². The smallest absolute Gasteiger partial charge is 0.0583 e. The molecule has 2 rings (SSSR count). The predicted molar refractivity (Wildman–Crippen MR) is 90.5 cm³/mol. The third kappa shape index (κ3) is 4.73. The van der Waals surface area contributed by atoms with Crippen molar-refractivity contribution >= 4 is 15.9 Å². The van der Waals surface area contributed by atoms with Crippen LogP contribution in [0.3, 0.4) is 0 Å². The fourth-order valence-electron chi connectivity index (χ4n) is 4.48. The van der Waals surface area contributed by atoms with E-state index in [1.165, 1.54) is 57.8 Å². The number of alkyl halides is 1. The molecular formula is C18H33BrO. The number of hydrogen-bond acceptors (Lipinski definition) is 1. The van der Waals surface area contributed by atoms with Crippen LogP contribution < -0.4 is 0 Å². The first-order valence-electron chi connectivity index (χ1n) is 8.62. The molecule has 0 radical (unpaired) electrons. The molecule has 2 heteroatoms. The molecule has 1 nitrogen and oxygen atoms in total. The van der Waals surface area contributed by atoms with Crippen molar-refractivity contribution in [3.63, 3.8) is 0 Å². The van der Waals surface area contributed by atoms with Crippen molar-refractivity contribution in [1.29, 1.82) is 0 Å². The van der Waals surface area contributed by atoms with Gasteiger partial charge in [-0.05, 0) is 43.4 Å². The Morgan fingerprint density at radius 1 is 1.05 bits per heavy atom. The highest BCUT2D eigenvalue weighted by Gasteiger charge is 2.35. The fourth-order valence-corrected chi connectivity index (χ4v) is 5.20. The molecule has 0 aliphatic heterocycles. The van der Waals surface area contributed by atoms with E-state index in [2.05, 4.69) is 36.7 Å². The number of rotatable bonds is 4. The number of halogens is 1. The minimum Gasteiger partial charge on any atom is -0.378 e. The molecule has 0 spiro atoms. The zero-order valence-electron chi connectivity index (χ0n) is 13.7. The second-order valence-corrected chi connectivity index (χ2v) is 8.95. The first kappa shape index (κ1) is 16.8. The summed E-state index contributed by atoms with van der Waals surface area (Å²) < 4.78 is 6.45. The lowest BCUT2D eigenvalue weighted by Gasteiger charge is -2.40. The van der Waals surface area contributed by atoms with Gasteiger partial charge >= 0.3 is 0 Å². The summed E-state index contributed by atoms with van der Waals surface area (Å²) in [5.41, 5.74) is 0.884. The van der Waals surface area contributed by atoms with E-state index in [1.807, 2.05) is 0 Å². The van der Waals surface area contributed by atoms with Gasteiger partial charge in [-0.3, -0.25) is 0 Å². The number of hydrogen-bond donors (Lipinski definition) is 0. The Labute approximate surface area is 134 Å². The van der Waals surface area contributed by atoms with Crippen LogP contribution in [0.1, 0.15) is 78.6 Å². The van der Waals surface area contributed by atoms with Crippen molar-refractivity contribution in [1.82, 2.24) is 0 Å². The van der Waals surface area contributed by atoms with Crippen LogP contribution in [0.2, 0.25) is 0 Å². The Kier molecular flexibility index (Phi) is 5.99. The topological polar surface area (TPSA) is 9.23 Å². The maximum Gasteiger partial charge on any atom is 0.0583 e. The molecule has 0 heterocycles. The molecule has 0 amide bonds. The van der Waals surface area contributed by atoms with Gasteiger partial charge in [0.25, 0.3) is 0 Å². The summed E-state index contributed by atoms with van der Waals surface area (Å²) in [6.45, 7) is 8.19. The Morgan fingerprint density at radius 3 is 2.25 bits per heavy atom. The van der Waals surface area contributed by atoms with E-state index in [9.17, 15) is 0 Å². The van der Waals surface area contributed by atoms with Gasteiger partial charge in [-0.2, -0.15) is 0 Å². The Balaban J connectivity index is 1.89. The molecule has 118 valence electrons. The molecule has 2 saturated carbocycles. The maximum absolute atomic E-state index is 6.45. The van der Waals surface area contributed by atoms with Gasteiger partial charge in [0.2, 0.25) is 0 Å². The molecule has 0 bridgehead atoms. The van der Waals surface area contributed by atoms with E-state index >= 15 is 0 Å². The molecule has 2 atom stereocenters. The van der Waals surface area contributed by atoms with E-state index in [0.717, 1.165) is 17.9 Å². The first-order valence-corrected chi connectivity index (χ1v) is 9.74. The molecule has 0 N–H and O–H groups in total. The molecule has 2 aliphatic carbocycles. The zero-order valence-corrected chi connectivity index (χ0v) is 15.3. The molecule has 2 fully saturated rings. The summed E-state index contributed by atoms with van der Waals surface area (Å²) in [6.07, 6.45) is 12.7. The quantitative estimate of drug-likeness (QED) is 0.452. The van der Waals surface area contributed by atoms with Crippen LogP contribution in [0.4, 0.5) is 0 Å². The number of ether oxygens (including phenoxy) is 1. The minimum absolute atomic E-state index is 0.418. The van der Waals surface area contributed by atoms with Crippen molar-refractivity contribution < 1.29 is 4.74 Å². The average Bonchev–Trinajstić information content (AvgIpc) is 2.60. The predicted octanol–water partition coefficient (Wildman–Crippen LogP) is 5.95. The Hall–Kier alpha value is 0.440. The second kappa shape index (κ2) is 7.13. The van der Waals surface area contributed by atoms with E-state index in [1.54, 1.807) is 0 Å². The normalized spacial score (nSPS) is 33.6. The highest BCUT2D eigenvalue weighted by atomic mass is 79.9. The molecule has 0 aromatic rings. The summed E-state index contributed by atoms with van der Waals surface area (Å²) in [5, 5.41) is 1.12. The monoisotopic (exact) mass is 344 g/mol. The van der Waals surface area contributed by atoms with Gasteiger partial charge in [0.1, 0.15) is 0 Å². The van der Waals surface area contributed by atoms with Gasteiger partial charge in [-0.15, -0.1) is 0 Å². The maximum atomic E-state index is 6.45. The van der Waals surface area contributed by atoms with Gasteiger partial charge in [0.15, 0.2) is 0 Å².